The van der Waals surface area contributed by atoms with Gasteiger partial charge in [-0.15, -0.1) is 11.3 Å². The van der Waals surface area contributed by atoms with E-state index in [-0.39, 0.29) is 38.5 Å². The van der Waals surface area contributed by atoms with Crippen LogP contribution in [0, 0.1) is 0 Å². The minimum absolute atomic E-state index is 0.165. The van der Waals surface area contributed by atoms with Crippen molar-refractivity contribution < 1.29 is 18.3 Å². The summed E-state index contributed by atoms with van der Waals surface area (Å²) in [6.45, 7) is 6.22. The van der Waals surface area contributed by atoms with Crippen LogP contribution in [0.3, 0.4) is 0 Å². The van der Waals surface area contributed by atoms with Gasteiger partial charge in [-0.2, -0.15) is 0 Å². The smallest absolute Gasteiger partial charge is 0.407 e. The summed E-state index contributed by atoms with van der Waals surface area (Å²) in [4.78, 5) is 18.1. The topological polar surface area (TPSA) is 54.5 Å². The normalized spacial score (nSPS) is 20.0. The number of halogens is 2. The third-order valence-electron chi connectivity index (χ3n) is 3.55. The van der Waals surface area contributed by atoms with E-state index in [0.717, 1.165) is 5.01 Å². The monoisotopic (exact) mass is 347 g/mol. The van der Waals surface area contributed by atoms with E-state index >= 15 is 0 Å². The van der Waals surface area contributed by atoms with Crippen molar-refractivity contribution in [3.63, 3.8) is 0 Å². The van der Waals surface area contributed by atoms with Crippen molar-refractivity contribution in [2.75, 3.05) is 19.6 Å². The van der Waals surface area contributed by atoms with Crippen LogP contribution in [-0.2, 0) is 4.74 Å². The summed E-state index contributed by atoms with van der Waals surface area (Å²) in [7, 11) is 0. The standard InChI is InChI=1S/C15H23F2N3O2S/c1-14(2,3)22-13(21)19-10-11(12-18-6-9-23-12)20-7-4-15(16,17)5-8-20/h6,9,11H,4-5,7-8,10H2,1-3H3,(H,19,21). The number of carbonyl (C=O) groups excluding carboxylic acids is 1. The van der Waals surface area contributed by atoms with E-state index in [1.165, 1.54) is 11.3 Å². The van der Waals surface area contributed by atoms with Crippen molar-refractivity contribution in [3.8, 4) is 0 Å². The Morgan fingerprint density at radius 2 is 2.13 bits per heavy atom. The molecule has 1 aliphatic rings. The largest absolute Gasteiger partial charge is 0.444 e. The molecule has 1 unspecified atom stereocenters. The molecule has 1 amide bonds. The zero-order valence-corrected chi connectivity index (χ0v) is 14.5. The zero-order chi connectivity index (χ0) is 17.1. The Morgan fingerprint density at radius 1 is 1.48 bits per heavy atom. The lowest BCUT2D eigenvalue weighted by Crippen LogP contribution is -2.45. The summed E-state index contributed by atoms with van der Waals surface area (Å²) < 4.78 is 31.9. The molecule has 0 spiro atoms. The van der Waals surface area contributed by atoms with Crippen LogP contribution in [0.5, 0.6) is 0 Å². The molecule has 8 heteroatoms. The average molecular weight is 347 g/mol. The molecule has 2 heterocycles. The molecule has 130 valence electrons. The zero-order valence-electron chi connectivity index (χ0n) is 13.6. The first-order valence-corrected chi connectivity index (χ1v) is 8.52. The van der Waals surface area contributed by atoms with Crippen LogP contribution in [0.1, 0.15) is 44.7 Å². The Bertz CT molecular complexity index is 507. The van der Waals surface area contributed by atoms with Gasteiger partial charge < -0.3 is 10.1 Å². The number of ether oxygens (including phenoxy) is 1. The fourth-order valence-corrected chi connectivity index (χ4v) is 3.20. The minimum Gasteiger partial charge on any atom is -0.444 e. The molecule has 0 aromatic carbocycles. The molecule has 1 atom stereocenters. The van der Waals surface area contributed by atoms with E-state index in [9.17, 15) is 13.6 Å². The minimum atomic E-state index is -2.59. The highest BCUT2D eigenvalue weighted by atomic mass is 32.1. The Kier molecular flexibility index (Phi) is 5.57. The molecule has 2 rings (SSSR count). The Balaban J connectivity index is 1.98. The molecule has 1 saturated heterocycles. The lowest BCUT2D eigenvalue weighted by molar-refractivity contribution is -0.0634. The highest BCUT2D eigenvalue weighted by Gasteiger charge is 2.37. The maximum atomic E-state index is 13.4. The van der Waals surface area contributed by atoms with Gasteiger partial charge in [0.15, 0.2) is 0 Å². The van der Waals surface area contributed by atoms with Crippen molar-refractivity contribution in [3.05, 3.63) is 16.6 Å². The fourth-order valence-electron chi connectivity index (χ4n) is 2.43. The number of alkyl halides is 2. The molecule has 0 bridgehead atoms. The lowest BCUT2D eigenvalue weighted by atomic mass is 10.0. The molecule has 1 aromatic rings. The summed E-state index contributed by atoms with van der Waals surface area (Å²) in [5.41, 5.74) is -0.575. The first-order chi connectivity index (χ1) is 10.7. The highest BCUT2D eigenvalue weighted by Crippen LogP contribution is 2.32. The number of hydrogen-bond donors (Lipinski definition) is 1. The van der Waals surface area contributed by atoms with Gasteiger partial charge in [0.1, 0.15) is 10.6 Å². The predicted octanol–water partition coefficient (Wildman–Crippen LogP) is 3.44. The third-order valence-corrected chi connectivity index (χ3v) is 4.42. The number of alkyl carbamates (subject to hydrolysis) is 1. The second kappa shape index (κ2) is 7.09. The number of piperidine rings is 1. The molecular weight excluding hydrogens is 324 g/mol. The number of rotatable bonds is 4. The number of hydrogen-bond acceptors (Lipinski definition) is 5. The number of nitrogens with one attached hydrogen (secondary N) is 1. The summed E-state index contributed by atoms with van der Waals surface area (Å²) in [5.74, 6) is -2.59. The van der Waals surface area contributed by atoms with Gasteiger partial charge in [-0.3, -0.25) is 4.90 Å². The van der Waals surface area contributed by atoms with E-state index in [0.29, 0.717) is 0 Å². The quantitative estimate of drug-likeness (QED) is 0.906. The van der Waals surface area contributed by atoms with Gasteiger partial charge in [0.05, 0.1) is 6.04 Å². The van der Waals surface area contributed by atoms with Crippen LogP contribution in [0.15, 0.2) is 11.6 Å². The van der Waals surface area contributed by atoms with Crippen molar-refractivity contribution in [2.45, 2.75) is 51.2 Å². The molecule has 0 radical (unpaired) electrons. The second-order valence-corrected chi connectivity index (χ2v) is 7.59. The van der Waals surface area contributed by atoms with Gasteiger partial charge >= 0.3 is 6.09 Å². The number of amides is 1. The van der Waals surface area contributed by atoms with Gasteiger partial charge in [-0.1, -0.05) is 0 Å². The molecule has 1 aromatic heterocycles. The Labute approximate surface area is 139 Å². The van der Waals surface area contributed by atoms with Crippen LogP contribution in [0.2, 0.25) is 0 Å². The molecule has 23 heavy (non-hydrogen) atoms. The van der Waals surface area contributed by atoms with E-state index in [1.807, 2.05) is 10.3 Å². The first kappa shape index (κ1) is 18.1. The first-order valence-electron chi connectivity index (χ1n) is 7.64. The van der Waals surface area contributed by atoms with Crippen LogP contribution >= 0.6 is 11.3 Å². The van der Waals surface area contributed by atoms with E-state index in [4.69, 9.17) is 4.74 Å². The number of aromatic nitrogens is 1. The predicted molar refractivity (Wildman–Crippen MR) is 84.8 cm³/mol. The van der Waals surface area contributed by atoms with Gasteiger partial charge in [-0.25, -0.2) is 18.6 Å². The summed E-state index contributed by atoms with van der Waals surface area (Å²) in [6.07, 6.45) is 0.836. The second-order valence-electron chi connectivity index (χ2n) is 6.66. The molecule has 5 nitrogen and oxygen atoms in total. The molecule has 0 saturated carbocycles. The maximum absolute atomic E-state index is 13.4. The van der Waals surface area contributed by atoms with Crippen molar-refractivity contribution in [1.29, 1.82) is 0 Å². The Morgan fingerprint density at radius 3 is 2.65 bits per heavy atom. The van der Waals surface area contributed by atoms with Crippen LogP contribution in [-0.4, -0.2) is 47.1 Å². The highest BCUT2D eigenvalue weighted by molar-refractivity contribution is 7.09. The average Bonchev–Trinajstić information content (AvgIpc) is 2.92. The Hall–Kier alpha value is -1.28. The van der Waals surface area contributed by atoms with Crippen molar-refractivity contribution >= 4 is 17.4 Å². The van der Waals surface area contributed by atoms with Gasteiger partial charge in [0.25, 0.3) is 5.92 Å². The summed E-state index contributed by atoms with van der Waals surface area (Å²) in [5, 5.41) is 5.37. The van der Waals surface area contributed by atoms with Crippen LogP contribution in [0.25, 0.3) is 0 Å². The molecule has 1 N–H and O–H groups in total. The van der Waals surface area contributed by atoms with Crippen LogP contribution < -0.4 is 5.32 Å². The number of thiazole rings is 1. The summed E-state index contributed by atoms with van der Waals surface area (Å²) in [6, 6.07) is -0.210. The fraction of sp³-hybridized carbons (Fsp3) is 0.733. The van der Waals surface area contributed by atoms with Gasteiger partial charge in [-0.05, 0) is 20.8 Å². The maximum Gasteiger partial charge on any atom is 0.407 e. The van der Waals surface area contributed by atoms with Gasteiger partial charge in [0, 0.05) is 44.1 Å². The number of likely N-dealkylation sites (tertiary alicyclic amines) is 1. The van der Waals surface area contributed by atoms with Crippen molar-refractivity contribution in [1.82, 2.24) is 15.2 Å². The SMILES string of the molecule is CC(C)(C)OC(=O)NCC(c1nccs1)N1CCC(F)(F)CC1. The number of nitrogens with zero attached hydrogens (tertiary/aromatic N) is 2. The van der Waals surface area contributed by atoms with Crippen LogP contribution in [0.4, 0.5) is 13.6 Å². The molecular formula is C15H23F2N3O2S. The van der Waals surface area contributed by atoms with Crippen molar-refractivity contribution in [2.24, 2.45) is 0 Å². The third kappa shape index (κ3) is 5.69. The number of carbonyl (C=O) groups is 1. The lowest BCUT2D eigenvalue weighted by Gasteiger charge is -2.36. The molecule has 1 aliphatic heterocycles. The van der Waals surface area contributed by atoms with E-state index in [1.54, 1.807) is 27.0 Å². The van der Waals surface area contributed by atoms with E-state index in [2.05, 4.69) is 10.3 Å². The summed E-state index contributed by atoms with van der Waals surface area (Å²) >= 11 is 1.46. The van der Waals surface area contributed by atoms with E-state index < -0.39 is 17.6 Å². The molecule has 1 fully saturated rings. The molecule has 0 aliphatic carbocycles. The van der Waals surface area contributed by atoms with Gasteiger partial charge in [0.2, 0.25) is 0 Å².